The third-order valence-corrected chi connectivity index (χ3v) is 3.66. The molecule has 0 radical (unpaired) electrons. The molecule has 19 heavy (non-hydrogen) atoms. The number of fused-ring (bicyclic) bond motifs is 1. The van der Waals surface area contributed by atoms with E-state index in [9.17, 15) is 0 Å². The highest BCUT2D eigenvalue weighted by atomic mass is 35.5. The topological polar surface area (TPSA) is 24.9 Å². The van der Waals surface area contributed by atoms with Gasteiger partial charge in [0.25, 0.3) is 0 Å². The molecule has 0 bridgehead atoms. The van der Waals surface area contributed by atoms with Crippen LogP contribution in [-0.2, 0) is 6.42 Å². The molecule has 0 aliphatic carbocycles. The molecule has 2 heterocycles. The Morgan fingerprint density at radius 1 is 1.21 bits per heavy atom. The Hall–Kier alpha value is -1.38. The summed E-state index contributed by atoms with van der Waals surface area (Å²) in [6.07, 6.45) is 2.98. The second-order valence-corrected chi connectivity index (χ2v) is 4.98. The fraction of sp³-hybridized carbons (Fsp3) is 0.312. The SMILES string of the molecule is C[C@H]1CNCCc2ccc(-c3ccccn3)cc21.Cl. The van der Waals surface area contributed by atoms with Crippen molar-refractivity contribution in [2.24, 2.45) is 0 Å². The Morgan fingerprint density at radius 2 is 2.11 bits per heavy atom. The minimum Gasteiger partial charge on any atom is -0.316 e. The Balaban J connectivity index is 0.00000133. The first-order valence-electron chi connectivity index (χ1n) is 6.59. The molecular weight excluding hydrogens is 256 g/mol. The highest BCUT2D eigenvalue weighted by Crippen LogP contribution is 2.27. The summed E-state index contributed by atoms with van der Waals surface area (Å²) in [5, 5.41) is 3.49. The number of benzene rings is 1. The molecule has 1 aliphatic heterocycles. The number of nitrogens with zero attached hydrogens (tertiary/aromatic N) is 1. The Labute approximate surface area is 120 Å². The number of aromatic nitrogens is 1. The van der Waals surface area contributed by atoms with Crippen LogP contribution in [0.5, 0.6) is 0 Å². The molecule has 3 heteroatoms. The van der Waals surface area contributed by atoms with Gasteiger partial charge in [-0.3, -0.25) is 4.98 Å². The lowest BCUT2D eigenvalue weighted by molar-refractivity contribution is 0.644. The van der Waals surface area contributed by atoms with Crippen molar-refractivity contribution in [3.8, 4) is 11.3 Å². The summed E-state index contributed by atoms with van der Waals surface area (Å²) in [5.41, 5.74) is 5.24. The van der Waals surface area contributed by atoms with E-state index < -0.39 is 0 Å². The van der Waals surface area contributed by atoms with Crippen LogP contribution < -0.4 is 5.32 Å². The van der Waals surface area contributed by atoms with Crippen LogP contribution in [0.2, 0.25) is 0 Å². The minimum atomic E-state index is 0. The second-order valence-electron chi connectivity index (χ2n) is 4.98. The number of hydrogen-bond acceptors (Lipinski definition) is 2. The predicted octanol–water partition coefficient (Wildman–Crippen LogP) is 3.42. The van der Waals surface area contributed by atoms with Crippen LogP contribution in [0.1, 0.15) is 24.0 Å². The van der Waals surface area contributed by atoms with E-state index in [1.165, 1.54) is 16.7 Å². The first-order chi connectivity index (χ1) is 8.84. The van der Waals surface area contributed by atoms with Gasteiger partial charge >= 0.3 is 0 Å². The minimum absolute atomic E-state index is 0. The monoisotopic (exact) mass is 274 g/mol. The van der Waals surface area contributed by atoms with Gasteiger partial charge in [-0.2, -0.15) is 0 Å². The highest BCUT2D eigenvalue weighted by Gasteiger charge is 2.15. The largest absolute Gasteiger partial charge is 0.316 e. The Kier molecular flexibility index (Phi) is 4.56. The Bertz CT molecular complexity index is 540. The van der Waals surface area contributed by atoms with E-state index in [0.29, 0.717) is 5.92 Å². The molecule has 1 aromatic carbocycles. The molecule has 2 aromatic rings. The first kappa shape index (κ1) is 14.0. The van der Waals surface area contributed by atoms with Gasteiger partial charge in [0.05, 0.1) is 5.69 Å². The van der Waals surface area contributed by atoms with E-state index >= 15 is 0 Å². The first-order valence-corrected chi connectivity index (χ1v) is 6.59. The summed E-state index contributed by atoms with van der Waals surface area (Å²) in [4.78, 5) is 4.43. The van der Waals surface area contributed by atoms with Gasteiger partial charge in [-0.05, 0) is 48.2 Å². The van der Waals surface area contributed by atoms with Gasteiger partial charge in [0, 0.05) is 18.3 Å². The molecule has 0 saturated carbocycles. The van der Waals surface area contributed by atoms with Gasteiger partial charge in [0.15, 0.2) is 0 Å². The number of rotatable bonds is 1. The van der Waals surface area contributed by atoms with E-state index in [4.69, 9.17) is 0 Å². The molecule has 1 aliphatic rings. The zero-order chi connectivity index (χ0) is 12.4. The number of hydrogen-bond donors (Lipinski definition) is 1. The van der Waals surface area contributed by atoms with Gasteiger partial charge in [-0.25, -0.2) is 0 Å². The van der Waals surface area contributed by atoms with Gasteiger partial charge in [-0.15, -0.1) is 12.4 Å². The average Bonchev–Trinajstić information content (AvgIpc) is 2.62. The van der Waals surface area contributed by atoms with Gasteiger partial charge < -0.3 is 5.32 Å². The van der Waals surface area contributed by atoms with Crippen LogP contribution in [0.3, 0.4) is 0 Å². The quantitative estimate of drug-likeness (QED) is 0.862. The molecule has 1 aromatic heterocycles. The van der Waals surface area contributed by atoms with Crippen molar-refractivity contribution < 1.29 is 0 Å². The Morgan fingerprint density at radius 3 is 2.89 bits per heavy atom. The van der Waals surface area contributed by atoms with E-state index in [0.717, 1.165) is 25.2 Å². The smallest absolute Gasteiger partial charge is 0.0702 e. The molecule has 0 amide bonds. The zero-order valence-electron chi connectivity index (χ0n) is 11.1. The molecular formula is C16H19ClN2. The molecule has 0 fully saturated rings. The second kappa shape index (κ2) is 6.18. The molecule has 0 unspecified atom stereocenters. The van der Waals surface area contributed by atoms with Crippen molar-refractivity contribution in [1.82, 2.24) is 10.3 Å². The van der Waals surface area contributed by atoms with Crippen molar-refractivity contribution in [3.05, 3.63) is 53.7 Å². The standard InChI is InChI=1S/C16H18N2.ClH/c1-12-11-17-9-7-13-5-6-14(10-15(12)13)16-4-2-3-8-18-16;/h2-6,8,10,12,17H,7,9,11H2,1H3;1H/t12-;/m0./s1. The molecule has 1 N–H and O–H groups in total. The van der Waals surface area contributed by atoms with Crippen LogP contribution in [0.15, 0.2) is 42.6 Å². The maximum atomic E-state index is 4.43. The lowest BCUT2D eigenvalue weighted by Gasteiger charge is -2.13. The number of pyridine rings is 1. The van der Waals surface area contributed by atoms with Crippen molar-refractivity contribution >= 4 is 12.4 Å². The molecule has 3 rings (SSSR count). The molecule has 2 nitrogen and oxygen atoms in total. The lowest BCUT2D eigenvalue weighted by Crippen LogP contribution is -2.18. The van der Waals surface area contributed by atoms with E-state index in [1.54, 1.807) is 0 Å². The maximum absolute atomic E-state index is 4.43. The molecule has 0 spiro atoms. The summed E-state index contributed by atoms with van der Waals surface area (Å²) in [6, 6.07) is 12.8. The number of nitrogens with one attached hydrogen (secondary N) is 1. The number of halogens is 1. The third-order valence-electron chi connectivity index (χ3n) is 3.66. The molecule has 100 valence electrons. The van der Waals surface area contributed by atoms with Crippen LogP contribution >= 0.6 is 12.4 Å². The van der Waals surface area contributed by atoms with Gasteiger partial charge in [0.1, 0.15) is 0 Å². The van der Waals surface area contributed by atoms with Gasteiger partial charge in [0.2, 0.25) is 0 Å². The van der Waals surface area contributed by atoms with Crippen molar-refractivity contribution in [2.45, 2.75) is 19.3 Å². The van der Waals surface area contributed by atoms with Crippen LogP contribution in [0, 0.1) is 0 Å². The highest BCUT2D eigenvalue weighted by molar-refractivity contribution is 5.85. The maximum Gasteiger partial charge on any atom is 0.0702 e. The fourth-order valence-electron chi connectivity index (χ4n) is 2.63. The van der Waals surface area contributed by atoms with Crippen molar-refractivity contribution in [2.75, 3.05) is 13.1 Å². The third kappa shape index (κ3) is 2.96. The van der Waals surface area contributed by atoms with Crippen LogP contribution in [0.25, 0.3) is 11.3 Å². The van der Waals surface area contributed by atoms with Crippen molar-refractivity contribution in [1.29, 1.82) is 0 Å². The van der Waals surface area contributed by atoms with E-state index in [1.807, 2.05) is 18.3 Å². The van der Waals surface area contributed by atoms with Gasteiger partial charge in [-0.1, -0.05) is 25.1 Å². The molecule has 1 atom stereocenters. The van der Waals surface area contributed by atoms with Crippen LogP contribution in [0.4, 0.5) is 0 Å². The summed E-state index contributed by atoms with van der Waals surface area (Å²) in [5.74, 6) is 0.575. The molecule has 0 saturated heterocycles. The fourth-order valence-corrected chi connectivity index (χ4v) is 2.63. The summed E-state index contributed by atoms with van der Waals surface area (Å²) >= 11 is 0. The summed E-state index contributed by atoms with van der Waals surface area (Å²) in [7, 11) is 0. The summed E-state index contributed by atoms with van der Waals surface area (Å²) in [6.45, 7) is 4.44. The summed E-state index contributed by atoms with van der Waals surface area (Å²) < 4.78 is 0. The van der Waals surface area contributed by atoms with E-state index in [2.05, 4.69) is 41.5 Å². The average molecular weight is 275 g/mol. The van der Waals surface area contributed by atoms with Crippen LogP contribution in [-0.4, -0.2) is 18.1 Å². The van der Waals surface area contributed by atoms with E-state index in [-0.39, 0.29) is 12.4 Å². The normalized spacial score (nSPS) is 18.1. The zero-order valence-corrected chi connectivity index (χ0v) is 11.9. The predicted molar refractivity (Wildman–Crippen MR) is 81.9 cm³/mol. The van der Waals surface area contributed by atoms with Crippen molar-refractivity contribution in [3.63, 3.8) is 0 Å². The lowest BCUT2D eigenvalue weighted by atomic mass is 9.92.